The van der Waals surface area contributed by atoms with Crippen LogP contribution < -0.4 is 4.90 Å². The van der Waals surface area contributed by atoms with E-state index in [0.29, 0.717) is 25.5 Å². The highest BCUT2D eigenvalue weighted by Crippen LogP contribution is 2.22. The van der Waals surface area contributed by atoms with Crippen LogP contribution in [-0.4, -0.2) is 34.1 Å². The lowest BCUT2D eigenvalue weighted by molar-refractivity contribution is -0.140. The van der Waals surface area contributed by atoms with Gasteiger partial charge in [0.1, 0.15) is 0 Å². The molecule has 1 N–H and O–H groups in total. The van der Waals surface area contributed by atoms with Crippen molar-refractivity contribution in [2.75, 3.05) is 18.0 Å². The first-order valence-electron chi connectivity index (χ1n) is 6.59. The van der Waals surface area contributed by atoms with Gasteiger partial charge in [-0.2, -0.15) is 0 Å². The van der Waals surface area contributed by atoms with E-state index >= 15 is 0 Å². The van der Waals surface area contributed by atoms with Crippen LogP contribution in [0.4, 0.5) is 5.95 Å². The number of carboxylic acids is 1. The first kappa shape index (κ1) is 12.6. The third-order valence-electron chi connectivity index (χ3n) is 3.57. The van der Waals surface area contributed by atoms with Crippen molar-refractivity contribution in [3.63, 3.8) is 0 Å². The van der Waals surface area contributed by atoms with E-state index in [1.54, 1.807) is 12.4 Å². The Morgan fingerprint density at radius 2 is 1.85 bits per heavy atom. The number of carbonyl (C=O) groups is 1. The van der Waals surface area contributed by atoms with Crippen molar-refractivity contribution in [2.45, 2.75) is 6.42 Å². The topological polar surface area (TPSA) is 66.3 Å². The van der Waals surface area contributed by atoms with Crippen molar-refractivity contribution in [3.05, 3.63) is 42.7 Å². The summed E-state index contributed by atoms with van der Waals surface area (Å²) in [5.41, 5.74) is 2.03. The van der Waals surface area contributed by atoms with Gasteiger partial charge in [0, 0.05) is 31.0 Å². The number of hydrogen-bond acceptors (Lipinski definition) is 4. The van der Waals surface area contributed by atoms with Crippen LogP contribution in [0.5, 0.6) is 0 Å². The fraction of sp³-hybridized carbons (Fsp3) is 0.267. The molecule has 0 spiro atoms. The van der Waals surface area contributed by atoms with Crippen LogP contribution in [0.25, 0.3) is 11.1 Å². The summed E-state index contributed by atoms with van der Waals surface area (Å²) in [7, 11) is 0. The van der Waals surface area contributed by atoms with E-state index in [1.807, 2.05) is 35.2 Å². The zero-order valence-electron chi connectivity index (χ0n) is 10.9. The van der Waals surface area contributed by atoms with Crippen molar-refractivity contribution in [1.82, 2.24) is 9.97 Å². The molecule has 1 fully saturated rings. The summed E-state index contributed by atoms with van der Waals surface area (Å²) in [5, 5.41) is 9.00. The standard InChI is InChI=1S/C15H15N3O2/c19-14(20)12-6-7-18(10-12)15-16-8-13(9-17-15)11-4-2-1-3-5-11/h1-5,8-9,12H,6-7,10H2,(H,19,20). The fourth-order valence-corrected chi connectivity index (χ4v) is 2.41. The Bertz CT molecular complexity index is 598. The van der Waals surface area contributed by atoms with Gasteiger partial charge in [0.2, 0.25) is 5.95 Å². The summed E-state index contributed by atoms with van der Waals surface area (Å²) in [4.78, 5) is 21.6. The Morgan fingerprint density at radius 3 is 2.45 bits per heavy atom. The Morgan fingerprint density at radius 1 is 1.15 bits per heavy atom. The smallest absolute Gasteiger partial charge is 0.308 e. The van der Waals surface area contributed by atoms with Crippen molar-refractivity contribution in [3.8, 4) is 11.1 Å². The number of carboxylic acid groups (broad SMARTS) is 1. The number of aromatic nitrogens is 2. The highest BCUT2D eigenvalue weighted by molar-refractivity contribution is 5.71. The van der Waals surface area contributed by atoms with E-state index in [4.69, 9.17) is 5.11 Å². The number of nitrogens with zero attached hydrogens (tertiary/aromatic N) is 3. The maximum atomic E-state index is 11.0. The number of hydrogen-bond donors (Lipinski definition) is 1. The Labute approximate surface area is 116 Å². The highest BCUT2D eigenvalue weighted by Gasteiger charge is 2.29. The second kappa shape index (κ2) is 5.28. The molecule has 2 aromatic rings. The first-order chi connectivity index (χ1) is 9.74. The summed E-state index contributed by atoms with van der Waals surface area (Å²) < 4.78 is 0. The van der Waals surface area contributed by atoms with Gasteiger partial charge in [-0.05, 0) is 12.0 Å². The quantitative estimate of drug-likeness (QED) is 0.923. The second-order valence-corrected chi connectivity index (χ2v) is 4.91. The van der Waals surface area contributed by atoms with E-state index in [2.05, 4.69) is 9.97 Å². The molecule has 20 heavy (non-hydrogen) atoms. The maximum Gasteiger partial charge on any atom is 0.308 e. The van der Waals surface area contributed by atoms with E-state index in [-0.39, 0.29) is 5.92 Å². The SMILES string of the molecule is O=C(O)C1CCN(c2ncc(-c3ccccc3)cn2)C1. The van der Waals surface area contributed by atoms with Crippen LogP contribution in [0.15, 0.2) is 42.7 Å². The molecule has 0 bridgehead atoms. The molecule has 1 aliphatic rings. The number of anilines is 1. The molecule has 1 saturated heterocycles. The zero-order chi connectivity index (χ0) is 13.9. The fourth-order valence-electron chi connectivity index (χ4n) is 2.41. The number of rotatable bonds is 3. The summed E-state index contributed by atoms with van der Waals surface area (Å²) in [5.74, 6) is -0.450. The monoisotopic (exact) mass is 269 g/mol. The lowest BCUT2D eigenvalue weighted by Gasteiger charge is -2.15. The van der Waals surface area contributed by atoms with Crippen LogP contribution in [-0.2, 0) is 4.79 Å². The minimum atomic E-state index is -0.742. The predicted molar refractivity (Wildman–Crippen MR) is 75.4 cm³/mol. The second-order valence-electron chi connectivity index (χ2n) is 4.91. The van der Waals surface area contributed by atoms with Crippen molar-refractivity contribution >= 4 is 11.9 Å². The average Bonchev–Trinajstić information content (AvgIpc) is 2.98. The minimum absolute atomic E-state index is 0.313. The lowest BCUT2D eigenvalue weighted by atomic mass is 10.1. The summed E-state index contributed by atoms with van der Waals surface area (Å²) in [6.45, 7) is 1.18. The van der Waals surface area contributed by atoms with Crippen molar-refractivity contribution in [1.29, 1.82) is 0 Å². The van der Waals surface area contributed by atoms with E-state index in [9.17, 15) is 4.79 Å². The molecule has 0 saturated carbocycles. The molecule has 0 aliphatic carbocycles. The van der Waals surface area contributed by atoms with Crippen LogP contribution in [0.3, 0.4) is 0 Å². The van der Waals surface area contributed by atoms with Gasteiger partial charge in [0.25, 0.3) is 0 Å². The Hall–Kier alpha value is -2.43. The lowest BCUT2D eigenvalue weighted by Crippen LogP contribution is -2.24. The van der Waals surface area contributed by atoms with Gasteiger partial charge in [-0.1, -0.05) is 30.3 Å². The molecule has 5 nitrogen and oxygen atoms in total. The first-order valence-corrected chi connectivity index (χ1v) is 6.59. The number of benzene rings is 1. The predicted octanol–water partition coefficient (Wildman–Crippen LogP) is 2.05. The molecule has 1 aliphatic heterocycles. The molecule has 0 amide bonds. The van der Waals surface area contributed by atoms with Gasteiger partial charge < -0.3 is 10.0 Å². The Balaban J connectivity index is 1.76. The van der Waals surface area contributed by atoms with Crippen molar-refractivity contribution in [2.24, 2.45) is 5.92 Å². The van der Waals surface area contributed by atoms with E-state index in [1.165, 1.54) is 0 Å². The summed E-state index contributed by atoms with van der Waals surface area (Å²) in [6, 6.07) is 9.93. The summed E-state index contributed by atoms with van der Waals surface area (Å²) >= 11 is 0. The zero-order valence-corrected chi connectivity index (χ0v) is 10.9. The molecular weight excluding hydrogens is 254 g/mol. The van der Waals surface area contributed by atoms with E-state index < -0.39 is 5.97 Å². The molecule has 2 heterocycles. The molecule has 1 aromatic carbocycles. The van der Waals surface area contributed by atoms with E-state index in [0.717, 1.165) is 11.1 Å². The number of aliphatic carboxylic acids is 1. The van der Waals surface area contributed by atoms with Gasteiger partial charge >= 0.3 is 5.97 Å². The maximum absolute atomic E-state index is 11.0. The van der Waals surface area contributed by atoms with Crippen LogP contribution in [0.1, 0.15) is 6.42 Å². The molecule has 1 unspecified atom stereocenters. The third kappa shape index (κ3) is 2.47. The van der Waals surface area contributed by atoms with Gasteiger partial charge in [-0.3, -0.25) is 4.79 Å². The van der Waals surface area contributed by atoms with Crippen LogP contribution in [0, 0.1) is 5.92 Å². The highest BCUT2D eigenvalue weighted by atomic mass is 16.4. The largest absolute Gasteiger partial charge is 0.481 e. The van der Waals surface area contributed by atoms with Gasteiger partial charge in [0.15, 0.2) is 0 Å². The van der Waals surface area contributed by atoms with Crippen LogP contribution >= 0.6 is 0 Å². The molecule has 1 atom stereocenters. The van der Waals surface area contributed by atoms with Gasteiger partial charge in [-0.15, -0.1) is 0 Å². The minimum Gasteiger partial charge on any atom is -0.481 e. The Kier molecular flexibility index (Phi) is 3.33. The molecular formula is C15H15N3O2. The molecule has 5 heteroatoms. The summed E-state index contributed by atoms with van der Waals surface area (Å²) in [6.07, 6.45) is 4.22. The third-order valence-corrected chi connectivity index (χ3v) is 3.57. The average molecular weight is 269 g/mol. The van der Waals surface area contributed by atoms with Gasteiger partial charge in [0.05, 0.1) is 5.92 Å². The normalized spacial score (nSPS) is 18.2. The molecule has 0 radical (unpaired) electrons. The molecule has 1 aromatic heterocycles. The van der Waals surface area contributed by atoms with Crippen LogP contribution in [0.2, 0.25) is 0 Å². The molecule has 3 rings (SSSR count). The van der Waals surface area contributed by atoms with Gasteiger partial charge in [-0.25, -0.2) is 9.97 Å². The molecule has 102 valence electrons. The van der Waals surface area contributed by atoms with Crippen molar-refractivity contribution < 1.29 is 9.90 Å².